The molecule has 0 unspecified atom stereocenters. The SMILES string of the molecule is CC(=O)N/N=C(\c1ccc([N+](=O)[O-])cc1)c1cc2c(cc1C[C@H](C)OS(C)(=O)=O)OCO2. The molecule has 0 bridgehead atoms. The maximum absolute atomic E-state index is 11.5. The number of ether oxygens (including phenoxy) is 2. The van der Waals surface area contributed by atoms with Crippen LogP contribution < -0.4 is 14.9 Å². The molecule has 0 saturated heterocycles. The predicted octanol–water partition coefficient (Wildman–Crippen LogP) is 2.12. The Bertz CT molecular complexity index is 1180. The van der Waals surface area contributed by atoms with E-state index < -0.39 is 27.1 Å². The Hall–Kier alpha value is -3.51. The minimum absolute atomic E-state index is 0.0172. The van der Waals surface area contributed by atoms with Crippen molar-refractivity contribution in [1.82, 2.24) is 5.43 Å². The smallest absolute Gasteiger partial charge is 0.269 e. The third kappa shape index (κ3) is 5.80. The first-order chi connectivity index (χ1) is 15.0. The predicted molar refractivity (Wildman–Crippen MR) is 114 cm³/mol. The van der Waals surface area contributed by atoms with Crippen molar-refractivity contribution >= 4 is 27.4 Å². The van der Waals surface area contributed by atoms with E-state index in [9.17, 15) is 23.3 Å². The zero-order valence-electron chi connectivity index (χ0n) is 17.5. The Morgan fingerprint density at radius 1 is 1.25 bits per heavy atom. The molecule has 1 aliphatic heterocycles. The molecule has 3 rings (SSSR count). The third-order valence-corrected chi connectivity index (χ3v) is 5.05. The Labute approximate surface area is 184 Å². The minimum atomic E-state index is -3.68. The van der Waals surface area contributed by atoms with Gasteiger partial charge in [-0.05, 0) is 36.8 Å². The molecule has 2 aromatic rings. The molecule has 12 heteroatoms. The van der Waals surface area contributed by atoms with Crippen LogP contribution in [0, 0.1) is 10.1 Å². The number of benzene rings is 2. The molecule has 0 radical (unpaired) electrons. The van der Waals surface area contributed by atoms with Gasteiger partial charge in [0.25, 0.3) is 15.8 Å². The molecule has 0 aromatic heterocycles. The second kappa shape index (κ2) is 9.32. The lowest BCUT2D eigenvalue weighted by Gasteiger charge is -2.17. The minimum Gasteiger partial charge on any atom is -0.454 e. The van der Waals surface area contributed by atoms with Crippen molar-refractivity contribution in [3.63, 3.8) is 0 Å². The number of nitro groups is 1. The average molecular weight is 463 g/mol. The Morgan fingerprint density at radius 2 is 1.88 bits per heavy atom. The van der Waals surface area contributed by atoms with E-state index in [2.05, 4.69) is 10.5 Å². The standard InChI is InChI=1S/C20H21N3O8S/c1-12(31-32(3,27)28)8-15-9-18-19(30-11-29-18)10-17(15)20(22-21-13(2)24)14-4-6-16(7-5-14)23(25)26/h4-7,9-10,12H,8,11H2,1-3H3,(H,21,24)/b22-20+/t12-/m0/s1. The quantitative estimate of drug-likeness (QED) is 0.271. The van der Waals surface area contributed by atoms with Gasteiger partial charge in [-0.2, -0.15) is 13.5 Å². The van der Waals surface area contributed by atoms with E-state index in [0.29, 0.717) is 33.9 Å². The normalized spacial score (nSPS) is 14.2. The summed E-state index contributed by atoms with van der Waals surface area (Å²) in [5.41, 5.74) is 4.20. The highest BCUT2D eigenvalue weighted by Crippen LogP contribution is 2.36. The molecule has 1 heterocycles. The summed E-state index contributed by atoms with van der Waals surface area (Å²) in [6.45, 7) is 2.91. The number of hydrogen-bond donors (Lipinski definition) is 1. The first-order valence-electron chi connectivity index (χ1n) is 9.43. The number of non-ortho nitro benzene ring substituents is 1. The van der Waals surface area contributed by atoms with E-state index in [-0.39, 0.29) is 18.9 Å². The van der Waals surface area contributed by atoms with Gasteiger partial charge in [0.05, 0.1) is 23.0 Å². The van der Waals surface area contributed by atoms with Crippen molar-refractivity contribution in [3.05, 3.63) is 63.2 Å². The summed E-state index contributed by atoms with van der Waals surface area (Å²) in [6, 6.07) is 9.00. The van der Waals surface area contributed by atoms with Crippen molar-refractivity contribution < 1.29 is 31.8 Å². The van der Waals surface area contributed by atoms with E-state index in [4.69, 9.17) is 13.7 Å². The number of nitrogens with zero attached hydrogens (tertiary/aromatic N) is 2. The lowest BCUT2D eigenvalue weighted by atomic mass is 9.94. The van der Waals surface area contributed by atoms with Gasteiger partial charge in [0.1, 0.15) is 0 Å². The Balaban J connectivity index is 2.11. The van der Waals surface area contributed by atoms with Gasteiger partial charge in [-0.1, -0.05) is 0 Å². The fourth-order valence-electron chi connectivity index (χ4n) is 3.17. The fraction of sp³-hybridized carbons (Fsp3) is 0.300. The van der Waals surface area contributed by atoms with Crippen LogP contribution in [0.2, 0.25) is 0 Å². The van der Waals surface area contributed by atoms with Gasteiger partial charge < -0.3 is 9.47 Å². The van der Waals surface area contributed by atoms with Crippen molar-refractivity contribution in [2.75, 3.05) is 13.0 Å². The van der Waals surface area contributed by atoms with Crippen LogP contribution in [0.25, 0.3) is 0 Å². The largest absolute Gasteiger partial charge is 0.454 e. The zero-order valence-corrected chi connectivity index (χ0v) is 18.3. The summed E-state index contributed by atoms with van der Waals surface area (Å²) in [7, 11) is -3.68. The van der Waals surface area contributed by atoms with Gasteiger partial charge >= 0.3 is 0 Å². The average Bonchev–Trinajstić information content (AvgIpc) is 3.14. The number of carbonyl (C=O) groups excluding carboxylic acids is 1. The van der Waals surface area contributed by atoms with Gasteiger partial charge in [-0.25, -0.2) is 5.43 Å². The van der Waals surface area contributed by atoms with Crippen LogP contribution in [0.5, 0.6) is 11.5 Å². The van der Waals surface area contributed by atoms with Crippen LogP contribution >= 0.6 is 0 Å². The van der Waals surface area contributed by atoms with Gasteiger partial charge in [0.2, 0.25) is 12.7 Å². The number of nitro benzene ring substituents is 1. The van der Waals surface area contributed by atoms with Crippen molar-refractivity contribution in [1.29, 1.82) is 0 Å². The van der Waals surface area contributed by atoms with E-state index in [1.54, 1.807) is 19.1 Å². The molecule has 0 fully saturated rings. The molecule has 1 N–H and O–H groups in total. The fourth-order valence-corrected chi connectivity index (χ4v) is 3.84. The second-order valence-corrected chi connectivity index (χ2v) is 8.71. The Kier molecular flexibility index (Phi) is 6.75. The lowest BCUT2D eigenvalue weighted by Crippen LogP contribution is -2.21. The number of rotatable bonds is 8. The highest BCUT2D eigenvalue weighted by Gasteiger charge is 2.23. The molecular weight excluding hydrogens is 442 g/mol. The first kappa shape index (κ1) is 23.2. The van der Waals surface area contributed by atoms with Crippen molar-refractivity contribution in [3.8, 4) is 11.5 Å². The number of carbonyl (C=O) groups is 1. The van der Waals surface area contributed by atoms with Crippen LogP contribution in [0.3, 0.4) is 0 Å². The summed E-state index contributed by atoms with van der Waals surface area (Å²) in [5.74, 6) is 0.497. The monoisotopic (exact) mass is 463 g/mol. The van der Waals surface area contributed by atoms with E-state index in [1.165, 1.54) is 31.2 Å². The van der Waals surface area contributed by atoms with Crippen LogP contribution in [0.15, 0.2) is 41.5 Å². The maximum atomic E-state index is 11.5. The number of nitrogens with one attached hydrogen (secondary N) is 1. The summed E-state index contributed by atoms with van der Waals surface area (Å²) in [6.07, 6.45) is 0.429. The molecule has 2 aromatic carbocycles. The number of fused-ring (bicyclic) bond motifs is 1. The van der Waals surface area contributed by atoms with Gasteiger partial charge in [0, 0.05) is 36.6 Å². The van der Waals surface area contributed by atoms with Crippen LogP contribution in [0.1, 0.15) is 30.5 Å². The van der Waals surface area contributed by atoms with Crippen LogP contribution in [0.4, 0.5) is 5.69 Å². The Morgan fingerprint density at radius 3 is 2.44 bits per heavy atom. The van der Waals surface area contributed by atoms with E-state index in [0.717, 1.165) is 6.26 Å². The maximum Gasteiger partial charge on any atom is 0.269 e. The number of amides is 1. The second-order valence-electron chi connectivity index (χ2n) is 7.11. The molecule has 170 valence electrons. The van der Waals surface area contributed by atoms with Gasteiger partial charge in [-0.3, -0.25) is 19.1 Å². The first-order valence-corrected chi connectivity index (χ1v) is 11.3. The number of hydrazone groups is 1. The molecule has 1 aliphatic rings. The van der Waals surface area contributed by atoms with E-state index in [1.807, 2.05) is 0 Å². The summed E-state index contributed by atoms with van der Waals surface area (Å²) in [4.78, 5) is 22.0. The van der Waals surface area contributed by atoms with Crippen molar-refractivity contribution in [2.45, 2.75) is 26.4 Å². The zero-order chi connectivity index (χ0) is 23.5. The highest BCUT2D eigenvalue weighted by molar-refractivity contribution is 7.86. The molecule has 1 atom stereocenters. The van der Waals surface area contributed by atoms with Gasteiger partial charge in [0.15, 0.2) is 11.5 Å². The summed E-state index contributed by atoms with van der Waals surface area (Å²) >= 11 is 0. The summed E-state index contributed by atoms with van der Waals surface area (Å²) in [5, 5.41) is 15.2. The molecule has 1 amide bonds. The molecule has 0 spiro atoms. The number of hydrogen-bond acceptors (Lipinski definition) is 9. The lowest BCUT2D eigenvalue weighted by molar-refractivity contribution is -0.384. The third-order valence-electron chi connectivity index (χ3n) is 4.38. The van der Waals surface area contributed by atoms with E-state index >= 15 is 0 Å². The molecular formula is C20H21N3O8S. The van der Waals surface area contributed by atoms with Crippen LogP contribution in [-0.2, 0) is 25.5 Å². The van der Waals surface area contributed by atoms with Gasteiger partial charge in [-0.15, -0.1) is 0 Å². The molecule has 0 saturated carbocycles. The van der Waals surface area contributed by atoms with Crippen molar-refractivity contribution in [2.24, 2.45) is 5.10 Å². The summed E-state index contributed by atoms with van der Waals surface area (Å²) < 4.78 is 39.0. The molecule has 11 nitrogen and oxygen atoms in total. The molecule has 32 heavy (non-hydrogen) atoms. The van der Waals surface area contributed by atoms with Crippen LogP contribution in [-0.4, -0.2) is 44.1 Å². The highest BCUT2D eigenvalue weighted by atomic mass is 32.2. The topological polar surface area (TPSA) is 146 Å². The molecule has 0 aliphatic carbocycles.